The van der Waals surface area contributed by atoms with Crippen LogP contribution in [-0.2, 0) is 9.53 Å². The number of nitrogens with two attached hydrogens (primary N) is 1. The first-order valence-electron chi connectivity index (χ1n) is 7.33. The van der Waals surface area contributed by atoms with Gasteiger partial charge in [-0.05, 0) is 37.3 Å². The number of ether oxygens (including phenoxy) is 1. The molecule has 2 atom stereocenters. The summed E-state index contributed by atoms with van der Waals surface area (Å²) in [5.41, 5.74) is 6.55. The van der Waals surface area contributed by atoms with E-state index in [0.29, 0.717) is 12.5 Å². The molecule has 20 heavy (non-hydrogen) atoms. The highest BCUT2D eigenvalue weighted by atomic mass is 16.5. The molecule has 2 unspecified atom stereocenters. The summed E-state index contributed by atoms with van der Waals surface area (Å²) in [5, 5.41) is 0. The highest BCUT2D eigenvalue weighted by Gasteiger charge is 2.29. The highest BCUT2D eigenvalue weighted by Crippen LogP contribution is 2.24. The number of hydrogen-bond donors (Lipinski definition) is 1. The summed E-state index contributed by atoms with van der Waals surface area (Å²) in [6.45, 7) is 2.33. The largest absolute Gasteiger partial charge is 0.367 e. The smallest absolute Gasteiger partial charge is 0.256 e. The number of benzene rings is 1. The van der Waals surface area contributed by atoms with Crippen LogP contribution in [0.5, 0.6) is 0 Å². The SMILES string of the molecule is COC(C(=O)N1CCCC(CCN)C1)c1ccccc1. The average Bonchev–Trinajstić information content (AvgIpc) is 2.50. The normalized spacial score (nSPS) is 20.7. The van der Waals surface area contributed by atoms with Crippen LogP contribution in [0.25, 0.3) is 0 Å². The highest BCUT2D eigenvalue weighted by molar-refractivity contribution is 5.82. The molecule has 4 nitrogen and oxygen atoms in total. The minimum absolute atomic E-state index is 0.0698. The number of hydrogen-bond acceptors (Lipinski definition) is 3. The maximum Gasteiger partial charge on any atom is 0.256 e. The van der Waals surface area contributed by atoms with Crippen molar-refractivity contribution >= 4 is 5.91 Å². The Labute approximate surface area is 120 Å². The van der Waals surface area contributed by atoms with Gasteiger partial charge in [-0.2, -0.15) is 0 Å². The minimum Gasteiger partial charge on any atom is -0.367 e. The Morgan fingerprint density at radius 2 is 2.20 bits per heavy atom. The molecule has 1 fully saturated rings. The third kappa shape index (κ3) is 3.58. The molecule has 1 aliphatic rings. The van der Waals surface area contributed by atoms with Crippen LogP contribution in [0.3, 0.4) is 0 Å². The van der Waals surface area contributed by atoms with Crippen LogP contribution in [0.15, 0.2) is 30.3 Å². The van der Waals surface area contributed by atoms with Crippen molar-refractivity contribution in [1.29, 1.82) is 0 Å². The predicted molar refractivity (Wildman–Crippen MR) is 79.2 cm³/mol. The van der Waals surface area contributed by atoms with E-state index in [1.807, 2.05) is 35.2 Å². The van der Waals surface area contributed by atoms with Crippen molar-refractivity contribution in [3.63, 3.8) is 0 Å². The van der Waals surface area contributed by atoms with E-state index >= 15 is 0 Å². The molecule has 0 saturated carbocycles. The maximum absolute atomic E-state index is 12.6. The van der Waals surface area contributed by atoms with E-state index in [0.717, 1.165) is 31.5 Å². The maximum atomic E-state index is 12.6. The average molecular weight is 276 g/mol. The molecule has 0 spiro atoms. The second-order valence-corrected chi connectivity index (χ2v) is 5.40. The summed E-state index contributed by atoms with van der Waals surface area (Å²) in [4.78, 5) is 14.6. The molecule has 0 bridgehead atoms. The van der Waals surface area contributed by atoms with Crippen molar-refractivity contribution in [1.82, 2.24) is 4.90 Å². The second kappa shape index (κ2) is 7.41. The molecule has 4 heteroatoms. The molecule has 2 N–H and O–H groups in total. The van der Waals surface area contributed by atoms with E-state index in [1.54, 1.807) is 7.11 Å². The summed E-state index contributed by atoms with van der Waals surface area (Å²) in [7, 11) is 1.59. The van der Waals surface area contributed by atoms with E-state index in [4.69, 9.17) is 10.5 Å². The lowest BCUT2D eigenvalue weighted by Gasteiger charge is -2.34. The zero-order valence-electron chi connectivity index (χ0n) is 12.1. The first-order chi connectivity index (χ1) is 9.76. The Balaban J connectivity index is 2.05. The lowest BCUT2D eigenvalue weighted by atomic mass is 9.94. The van der Waals surface area contributed by atoms with Crippen LogP contribution in [0.4, 0.5) is 0 Å². The fourth-order valence-electron chi connectivity index (χ4n) is 2.91. The quantitative estimate of drug-likeness (QED) is 0.894. The third-order valence-corrected chi connectivity index (χ3v) is 3.97. The van der Waals surface area contributed by atoms with E-state index in [-0.39, 0.29) is 5.91 Å². The molecule has 1 aliphatic heterocycles. The van der Waals surface area contributed by atoms with Gasteiger partial charge < -0.3 is 15.4 Å². The molecule has 0 aliphatic carbocycles. The van der Waals surface area contributed by atoms with Gasteiger partial charge in [-0.15, -0.1) is 0 Å². The van der Waals surface area contributed by atoms with Crippen LogP contribution in [0.1, 0.15) is 30.9 Å². The van der Waals surface area contributed by atoms with Gasteiger partial charge in [0.25, 0.3) is 5.91 Å². The molecule has 0 radical (unpaired) electrons. The van der Waals surface area contributed by atoms with Crippen LogP contribution in [-0.4, -0.2) is 37.6 Å². The Morgan fingerprint density at radius 1 is 1.45 bits per heavy atom. The van der Waals surface area contributed by atoms with E-state index in [1.165, 1.54) is 6.42 Å². The number of amides is 1. The first kappa shape index (κ1) is 15.0. The zero-order chi connectivity index (χ0) is 14.4. The second-order valence-electron chi connectivity index (χ2n) is 5.40. The van der Waals surface area contributed by atoms with Gasteiger partial charge in [0, 0.05) is 20.2 Å². The Morgan fingerprint density at radius 3 is 2.85 bits per heavy atom. The lowest BCUT2D eigenvalue weighted by Crippen LogP contribution is -2.43. The summed E-state index contributed by atoms with van der Waals surface area (Å²) in [6, 6.07) is 9.68. The molecular formula is C16H24N2O2. The van der Waals surface area contributed by atoms with Gasteiger partial charge in [0.2, 0.25) is 0 Å². The Hall–Kier alpha value is -1.39. The molecule has 0 aromatic heterocycles. The van der Waals surface area contributed by atoms with Gasteiger partial charge in [0.15, 0.2) is 6.10 Å². The van der Waals surface area contributed by atoms with E-state index in [2.05, 4.69) is 0 Å². The molecule has 1 heterocycles. The number of piperidine rings is 1. The van der Waals surface area contributed by atoms with E-state index < -0.39 is 6.10 Å². The van der Waals surface area contributed by atoms with Crippen LogP contribution in [0.2, 0.25) is 0 Å². The fraction of sp³-hybridized carbons (Fsp3) is 0.562. The number of methoxy groups -OCH3 is 1. The van der Waals surface area contributed by atoms with Gasteiger partial charge in [-0.3, -0.25) is 4.79 Å². The van der Waals surface area contributed by atoms with E-state index in [9.17, 15) is 4.79 Å². The number of likely N-dealkylation sites (tertiary alicyclic amines) is 1. The monoisotopic (exact) mass is 276 g/mol. The van der Waals surface area contributed by atoms with Crippen LogP contribution in [0, 0.1) is 5.92 Å². The Bertz CT molecular complexity index is 420. The van der Waals surface area contributed by atoms with Crippen molar-refractivity contribution < 1.29 is 9.53 Å². The molecular weight excluding hydrogens is 252 g/mol. The molecule has 2 rings (SSSR count). The summed E-state index contributed by atoms with van der Waals surface area (Å²) in [6.07, 6.45) is 2.73. The van der Waals surface area contributed by atoms with Gasteiger partial charge in [-0.1, -0.05) is 30.3 Å². The van der Waals surface area contributed by atoms with Crippen molar-refractivity contribution in [3.8, 4) is 0 Å². The lowest BCUT2D eigenvalue weighted by molar-refractivity contribution is -0.144. The number of carbonyl (C=O) groups excluding carboxylic acids is 1. The fourth-order valence-corrected chi connectivity index (χ4v) is 2.91. The third-order valence-electron chi connectivity index (χ3n) is 3.97. The standard InChI is InChI=1S/C16H24N2O2/c1-20-15(14-7-3-2-4-8-14)16(19)18-11-5-6-13(12-18)9-10-17/h2-4,7-8,13,15H,5-6,9-12,17H2,1H3. The molecule has 1 aromatic rings. The molecule has 1 aromatic carbocycles. The predicted octanol–water partition coefficient (Wildman–Crippen LogP) is 1.96. The van der Waals surface area contributed by atoms with Crippen molar-refractivity contribution in [2.24, 2.45) is 11.7 Å². The number of carbonyl (C=O) groups is 1. The molecule has 1 amide bonds. The minimum atomic E-state index is -0.493. The molecule has 1 saturated heterocycles. The Kier molecular flexibility index (Phi) is 5.56. The summed E-state index contributed by atoms with van der Waals surface area (Å²) in [5.74, 6) is 0.603. The number of nitrogens with zero attached hydrogens (tertiary/aromatic N) is 1. The molecule has 110 valence electrons. The van der Waals surface area contributed by atoms with Crippen molar-refractivity contribution in [2.75, 3.05) is 26.7 Å². The van der Waals surface area contributed by atoms with Crippen LogP contribution >= 0.6 is 0 Å². The summed E-state index contributed by atoms with van der Waals surface area (Å²) >= 11 is 0. The van der Waals surface area contributed by atoms with Crippen LogP contribution < -0.4 is 5.73 Å². The summed E-state index contributed by atoms with van der Waals surface area (Å²) < 4.78 is 5.43. The van der Waals surface area contributed by atoms with Gasteiger partial charge in [-0.25, -0.2) is 0 Å². The zero-order valence-corrected chi connectivity index (χ0v) is 12.1. The first-order valence-corrected chi connectivity index (χ1v) is 7.33. The van der Waals surface area contributed by atoms with Crippen molar-refractivity contribution in [3.05, 3.63) is 35.9 Å². The topological polar surface area (TPSA) is 55.6 Å². The number of rotatable bonds is 5. The van der Waals surface area contributed by atoms with Gasteiger partial charge in [0.1, 0.15) is 0 Å². The van der Waals surface area contributed by atoms with Crippen molar-refractivity contribution in [2.45, 2.75) is 25.4 Å². The van der Waals surface area contributed by atoms with Gasteiger partial charge in [0.05, 0.1) is 0 Å². The van der Waals surface area contributed by atoms with Gasteiger partial charge >= 0.3 is 0 Å².